The average molecular weight is 547 g/mol. The minimum atomic E-state index is -0.329. The number of nitrogens with zero attached hydrogens (tertiary/aromatic N) is 3. The van der Waals surface area contributed by atoms with Crippen LogP contribution in [0.1, 0.15) is 46.7 Å². The zero-order valence-corrected chi connectivity index (χ0v) is 23.6. The first-order valence-corrected chi connectivity index (χ1v) is 14.6. The molecule has 1 unspecified atom stereocenters. The molecule has 1 aliphatic rings. The number of fused-ring (bicyclic) bond motifs is 1. The fraction of sp³-hybridized carbons (Fsp3) is 0.355. The third kappa shape index (κ3) is 5.97. The number of anilines is 1. The molecule has 0 bridgehead atoms. The van der Waals surface area contributed by atoms with Gasteiger partial charge in [0.1, 0.15) is 17.2 Å². The van der Waals surface area contributed by atoms with Gasteiger partial charge in [-0.2, -0.15) is 0 Å². The lowest BCUT2D eigenvalue weighted by Gasteiger charge is -2.35. The molecule has 1 amide bonds. The second kappa shape index (κ2) is 12.2. The van der Waals surface area contributed by atoms with Crippen molar-refractivity contribution in [1.82, 2.24) is 15.2 Å². The number of likely N-dealkylation sites (tertiary alicyclic amines) is 1. The van der Waals surface area contributed by atoms with Gasteiger partial charge in [-0.05, 0) is 92.2 Å². The molecule has 1 fully saturated rings. The van der Waals surface area contributed by atoms with E-state index in [9.17, 15) is 9.18 Å². The molecule has 2 aromatic heterocycles. The molecule has 5 rings (SSSR count). The molecule has 1 aliphatic heterocycles. The molecule has 39 heavy (non-hydrogen) atoms. The second-order valence-corrected chi connectivity index (χ2v) is 11.0. The number of halogens is 1. The van der Waals surface area contributed by atoms with Gasteiger partial charge in [0.05, 0.1) is 11.3 Å². The van der Waals surface area contributed by atoms with Crippen LogP contribution < -0.4 is 9.62 Å². The van der Waals surface area contributed by atoms with Crippen LogP contribution in [0.2, 0.25) is 0 Å². The first kappa shape index (κ1) is 27.2. The summed E-state index contributed by atoms with van der Waals surface area (Å²) in [5, 5.41) is 3.56. The summed E-state index contributed by atoms with van der Waals surface area (Å²) in [6, 6.07) is 14.4. The Kier molecular flexibility index (Phi) is 8.53. The molecule has 1 N–H and O–H groups in total. The van der Waals surface area contributed by atoms with E-state index in [-0.39, 0.29) is 11.7 Å². The molecule has 1 atom stereocenters. The second-order valence-electron chi connectivity index (χ2n) is 10.1. The number of aryl methyl sites for hydroxylation is 1. The van der Waals surface area contributed by atoms with Crippen molar-refractivity contribution < 1.29 is 13.6 Å². The van der Waals surface area contributed by atoms with Crippen molar-refractivity contribution in [2.24, 2.45) is 0 Å². The Hall–Kier alpha value is -3.36. The summed E-state index contributed by atoms with van der Waals surface area (Å²) >= 11 is 1.65. The van der Waals surface area contributed by atoms with Crippen molar-refractivity contribution in [2.45, 2.75) is 31.6 Å². The van der Waals surface area contributed by atoms with Gasteiger partial charge in [-0.15, -0.1) is 0 Å². The first-order chi connectivity index (χ1) is 19.0. The standard InChI is InChI=1S/C31H35FN4O2S/c1-33-31(37)29-26-17-25(23-9-6-16-36(20-23)15-5-8-21-7-4-14-34-19-21)27(35(2)39-3)18-28(26)38-30(29)22-10-12-24(32)13-11-22/h4,7,10-14,17-19,23H,5-6,8-9,15-16,20H2,1-3H3,(H,33,37). The van der Waals surface area contributed by atoms with E-state index in [0.717, 1.165) is 56.4 Å². The number of piperidine rings is 1. The number of rotatable bonds is 9. The van der Waals surface area contributed by atoms with Gasteiger partial charge in [0, 0.05) is 56.3 Å². The maximum Gasteiger partial charge on any atom is 0.255 e. The van der Waals surface area contributed by atoms with Crippen molar-refractivity contribution in [3.63, 3.8) is 0 Å². The van der Waals surface area contributed by atoms with Crippen LogP contribution in [-0.4, -0.2) is 55.8 Å². The molecule has 2 aromatic carbocycles. The first-order valence-electron chi connectivity index (χ1n) is 13.5. The molecule has 4 aromatic rings. The number of carbonyl (C=O) groups is 1. The third-order valence-electron chi connectivity index (χ3n) is 7.62. The highest BCUT2D eigenvalue weighted by Crippen LogP contribution is 2.42. The van der Waals surface area contributed by atoms with Crippen LogP contribution >= 0.6 is 11.9 Å². The fourth-order valence-corrected chi connectivity index (χ4v) is 5.92. The molecule has 0 spiro atoms. The quantitative estimate of drug-likeness (QED) is 0.241. The number of pyridine rings is 1. The number of amides is 1. The zero-order chi connectivity index (χ0) is 27.4. The topological polar surface area (TPSA) is 61.6 Å². The lowest BCUT2D eigenvalue weighted by Crippen LogP contribution is -2.35. The molecule has 0 saturated carbocycles. The van der Waals surface area contributed by atoms with Crippen LogP contribution in [0, 0.1) is 5.82 Å². The minimum Gasteiger partial charge on any atom is -0.455 e. The van der Waals surface area contributed by atoms with Crippen molar-refractivity contribution >= 4 is 34.5 Å². The SMILES string of the molecule is CNC(=O)c1c(-c2ccc(F)cc2)oc2cc(N(C)SC)c(C3CCCN(CCCc4cccnc4)C3)cc12. The third-order valence-corrected chi connectivity index (χ3v) is 8.36. The number of hydrogen-bond donors (Lipinski definition) is 1. The van der Waals surface area contributed by atoms with E-state index in [1.54, 1.807) is 31.1 Å². The van der Waals surface area contributed by atoms with E-state index in [2.05, 4.69) is 51.0 Å². The number of nitrogens with one attached hydrogen (secondary N) is 1. The van der Waals surface area contributed by atoms with Crippen LogP contribution in [0.3, 0.4) is 0 Å². The Morgan fingerprint density at radius 2 is 2.08 bits per heavy atom. The number of furan rings is 1. The van der Waals surface area contributed by atoms with Gasteiger partial charge in [0.25, 0.3) is 5.91 Å². The van der Waals surface area contributed by atoms with Gasteiger partial charge < -0.3 is 18.9 Å². The highest BCUT2D eigenvalue weighted by atomic mass is 32.2. The molecule has 1 saturated heterocycles. The van der Waals surface area contributed by atoms with Gasteiger partial charge in [-0.1, -0.05) is 18.0 Å². The van der Waals surface area contributed by atoms with E-state index in [0.29, 0.717) is 28.4 Å². The summed E-state index contributed by atoms with van der Waals surface area (Å²) < 4.78 is 22.1. The van der Waals surface area contributed by atoms with Crippen molar-refractivity contribution in [1.29, 1.82) is 0 Å². The minimum absolute atomic E-state index is 0.217. The van der Waals surface area contributed by atoms with E-state index < -0.39 is 0 Å². The van der Waals surface area contributed by atoms with Crippen molar-refractivity contribution in [3.8, 4) is 11.3 Å². The fourth-order valence-electron chi connectivity index (χ4n) is 5.57. The molecular formula is C31H35FN4O2S. The molecule has 8 heteroatoms. The van der Waals surface area contributed by atoms with Gasteiger partial charge in [-0.25, -0.2) is 4.39 Å². The smallest absolute Gasteiger partial charge is 0.255 e. The Morgan fingerprint density at radius 3 is 2.79 bits per heavy atom. The zero-order valence-electron chi connectivity index (χ0n) is 22.7. The maximum atomic E-state index is 13.6. The number of carbonyl (C=O) groups excluding carboxylic acids is 1. The molecule has 0 aliphatic carbocycles. The Morgan fingerprint density at radius 1 is 1.26 bits per heavy atom. The highest BCUT2D eigenvalue weighted by molar-refractivity contribution is 7.99. The average Bonchev–Trinajstić information content (AvgIpc) is 3.35. The lowest BCUT2D eigenvalue weighted by atomic mass is 9.88. The summed E-state index contributed by atoms with van der Waals surface area (Å²) in [5.41, 5.74) is 5.41. The largest absolute Gasteiger partial charge is 0.455 e. The Balaban J connectivity index is 1.49. The summed E-state index contributed by atoms with van der Waals surface area (Å²) in [4.78, 5) is 19.9. The van der Waals surface area contributed by atoms with Crippen molar-refractivity contribution in [3.05, 3.63) is 83.4 Å². The van der Waals surface area contributed by atoms with Gasteiger partial charge in [0.2, 0.25) is 0 Å². The van der Waals surface area contributed by atoms with Crippen LogP contribution in [-0.2, 0) is 6.42 Å². The van der Waals surface area contributed by atoms with Crippen LogP contribution in [0.15, 0.2) is 65.3 Å². The summed E-state index contributed by atoms with van der Waals surface area (Å²) in [6.07, 6.45) is 10.2. The Labute approximate surface area is 233 Å². The highest BCUT2D eigenvalue weighted by Gasteiger charge is 2.28. The monoisotopic (exact) mass is 546 g/mol. The van der Waals surface area contributed by atoms with Crippen LogP contribution in [0.4, 0.5) is 10.1 Å². The number of aromatic nitrogens is 1. The predicted octanol–water partition coefficient (Wildman–Crippen LogP) is 6.52. The van der Waals surface area contributed by atoms with Gasteiger partial charge in [-0.3, -0.25) is 9.78 Å². The maximum absolute atomic E-state index is 13.6. The summed E-state index contributed by atoms with van der Waals surface area (Å²) in [6.45, 7) is 3.13. The molecular weight excluding hydrogens is 511 g/mol. The van der Waals surface area contributed by atoms with E-state index in [4.69, 9.17) is 4.42 Å². The summed E-state index contributed by atoms with van der Waals surface area (Å²) in [7, 11) is 3.68. The van der Waals surface area contributed by atoms with Gasteiger partial charge in [0.15, 0.2) is 0 Å². The number of hydrogen-bond acceptors (Lipinski definition) is 6. The van der Waals surface area contributed by atoms with Gasteiger partial charge >= 0.3 is 0 Å². The van der Waals surface area contributed by atoms with Crippen LogP contribution in [0.25, 0.3) is 22.3 Å². The van der Waals surface area contributed by atoms with E-state index >= 15 is 0 Å². The normalized spacial score (nSPS) is 15.9. The molecule has 3 heterocycles. The van der Waals surface area contributed by atoms with E-state index in [1.807, 2.05) is 18.5 Å². The molecule has 6 nitrogen and oxygen atoms in total. The Bertz CT molecular complexity index is 1420. The van der Waals surface area contributed by atoms with Crippen LogP contribution in [0.5, 0.6) is 0 Å². The molecule has 204 valence electrons. The molecule has 0 radical (unpaired) electrons. The predicted molar refractivity (Wildman–Crippen MR) is 158 cm³/mol. The van der Waals surface area contributed by atoms with Crippen molar-refractivity contribution in [2.75, 3.05) is 44.3 Å². The summed E-state index contributed by atoms with van der Waals surface area (Å²) in [5.74, 6) is 0.253. The van der Waals surface area contributed by atoms with E-state index in [1.165, 1.54) is 23.3 Å². The number of benzene rings is 2. The lowest BCUT2D eigenvalue weighted by molar-refractivity contribution is 0.0964.